The van der Waals surface area contributed by atoms with Crippen LogP contribution in [0.1, 0.15) is 29.7 Å². The van der Waals surface area contributed by atoms with E-state index in [9.17, 15) is 9.59 Å². The smallest absolute Gasteiger partial charge is 0.319 e. The fourth-order valence-electron chi connectivity index (χ4n) is 4.25. The first-order valence-electron chi connectivity index (χ1n) is 9.50. The monoisotopic (exact) mass is 467 g/mol. The van der Waals surface area contributed by atoms with Crippen LogP contribution in [0.15, 0.2) is 58.4 Å². The summed E-state index contributed by atoms with van der Waals surface area (Å²) < 4.78 is 0.985. The number of urea groups is 1. The fraction of sp³-hybridized carbons (Fsp3) is 0.227. The molecule has 2 aromatic carbocycles. The Morgan fingerprint density at radius 3 is 2.90 bits per heavy atom. The van der Waals surface area contributed by atoms with Crippen molar-refractivity contribution in [1.82, 2.24) is 15.2 Å². The van der Waals surface area contributed by atoms with Crippen LogP contribution in [0, 0.1) is 0 Å². The van der Waals surface area contributed by atoms with E-state index in [1.807, 2.05) is 53.9 Å². The van der Waals surface area contributed by atoms with Gasteiger partial charge in [0.2, 0.25) is 0 Å². The lowest BCUT2D eigenvalue weighted by Crippen LogP contribution is -2.46. The molecule has 7 heteroatoms. The Labute approximate surface area is 180 Å². The van der Waals surface area contributed by atoms with Crippen LogP contribution in [0.2, 0.25) is 0 Å². The Hall–Kier alpha value is -2.51. The summed E-state index contributed by atoms with van der Waals surface area (Å²) in [6, 6.07) is 15.5. The molecule has 0 bridgehead atoms. The molecule has 2 aliphatic rings. The summed E-state index contributed by atoms with van der Waals surface area (Å²) in [6.07, 6.45) is 2.44. The topological polar surface area (TPSA) is 62.3 Å². The molecular formula is C22H18BrN3O2S. The zero-order valence-corrected chi connectivity index (χ0v) is 17.9. The van der Waals surface area contributed by atoms with E-state index in [-0.39, 0.29) is 18.5 Å². The molecule has 1 atom stereocenters. The quantitative estimate of drug-likeness (QED) is 0.559. The molecule has 1 aliphatic carbocycles. The summed E-state index contributed by atoms with van der Waals surface area (Å²) >= 11 is 4.99. The van der Waals surface area contributed by atoms with Gasteiger partial charge in [-0.25, -0.2) is 9.78 Å². The molecule has 1 aromatic heterocycles. The van der Waals surface area contributed by atoms with Crippen molar-refractivity contribution in [2.45, 2.75) is 31.3 Å². The molecule has 2 heterocycles. The number of aromatic nitrogens is 1. The van der Waals surface area contributed by atoms with E-state index in [1.165, 1.54) is 16.2 Å². The molecule has 1 N–H and O–H groups in total. The Bertz CT molecular complexity index is 1130. The van der Waals surface area contributed by atoms with Crippen LogP contribution < -0.4 is 5.32 Å². The second-order valence-corrected chi connectivity index (χ2v) is 9.17. The highest BCUT2D eigenvalue weighted by atomic mass is 79.9. The molecule has 5 nitrogen and oxygen atoms in total. The second-order valence-electron chi connectivity index (χ2n) is 7.39. The Morgan fingerprint density at radius 2 is 2.03 bits per heavy atom. The number of carbonyl (C=O) groups is 2. The number of amides is 3. The summed E-state index contributed by atoms with van der Waals surface area (Å²) in [6.45, 7) is 0.180. The van der Waals surface area contributed by atoms with Crippen LogP contribution >= 0.6 is 27.3 Å². The number of halogens is 1. The first-order valence-corrected chi connectivity index (χ1v) is 11.2. The third-order valence-corrected chi connectivity index (χ3v) is 7.03. The summed E-state index contributed by atoms with van der Waals surface area (Å²) in [5, 5.41) is 5.78. The molecule has 1 aliphatic heterocycles. The zero-order valence-electron chi connectivity index (χ0n) is 15.5. The maximum atomic E-state index is 13.4. The van der Waals surface area contributed by atoms with Gasteiger partial charge in [-0.15, -0.1) is 11.3 Å². The summed E-state index contributed by atoms with van der Waals surface area (Å²) in [7, 11) is 0. The maximum Gasteiger partial charge on any atom is 0.325 e. The van der Waals surface area contributed by atoms with E-state index in [0.717, 1.165) is 44.7 Å². The van der Waals surface area contributed by atoms with Gasteiger partial charge in [0.25, 0.3) is 5.91 Å². The molecule has 3 amide bonds. The summed E-state index contributed by atoms with van der Waals surface area (Å²) in [5.74, 6) is -0.174. The number of imide groups is 1. The summed E-state index contributed by atoms with van der Waals surface area (Å²) in [4.78, 5) is 32.1. The highest BCUT2D eigenvalue weighted by Gasteiger charge is 2.53. The third kappa shape index (κ3) is 3.09. The molecule has 3 aromatic rings. The predicted octanol–water partition coefficient (Wildman–Crippen LogP) is 4.86. The van der Waals surface area contributed by atoms with Gasteiger partial charge in [-0.2, -0.15) is 0 Å². The minimum atomic E-state index is -0.935. The van der Waals surface area contributed by atoms with Crippen molar-refractivity contribution >= 4 is 39.2 Å². The standard InChI is InChI=1S/C22H18BrN3O2S/c23-16-8-3-6-15(11-16)19-24-17(13-29-19)12-26-20(27)22(25-21(26)28)10-4-7-14-5-1-2-9-18(14)22/h1-3,5-6,8-9,11,13H,4,7,10,12H2,(H,25,28). The van der Waals surface area contributed by atoms with Crippen molar-refractivity contribution in [3.05, 3.63) is 75.2 Å². The van der Waals surface area contributed by atoms with Gasteiger partial charge in [0.05, 0.1) is 12.2 Å². The van der Waals surface area contributed by atoms with E-state index >= 15 is 0 Å². The minimum Gasteiger partial charge on any atom is -0.319 e. The van der Waals surface area contributed by atoms with Gasteiger partial charge in [-0.1, -0.05) is 52.3 Å². The van der Waals surface area contributed by atoms with Gasteiger partial charge in [-0.3, -0.25) is 9.69 Å². The second kappa shape index (κ2) is 7.07. The number of hydrogen-bond acceptors (Lipinski definition) is 4. The highest BCUT2D eigenvalue weighted by Crippen LogP contribution is 2.40. The lowest BCUT2D eigenvalue weighted by molar-refractivity contribution is -0.132. The first-order chi connectivity index (χ1) is 14.1. The molecule has 1 unspecified atom stereocenters. The molecule has 1 fully saturated rings. The van der Waals surface area contributed by atoms with E-state index in [2.05, 4.69) is 26.2 Å². The van der Waals surface area contributed by atoms with Crippen molar-refractivity contribution in [3.8, 4) is 10.6 Å². The van der Waals surface area contributed by atoms with Crippen molar-refractivity contribution in [2.24, 2.45) is 0 Å². The van der Waals surface area contributed by atoms with Gasteiger partial charge in [0.1, 0.15) is 10.5 Å². The number of carbonyl (C=O) groups excluding carboxylic acids is 2. The molecule has 5 rings (SSSR count). The number of nitrogens with one attached hydrogen (secondary N) is 1. The predicted molar refractivity (Wildman–Crippen MR) is 115 cm³/mol. The molecule has 0 saturated carbocycles. The zero-order chi connectivity index (χ0) is 20.0. The van der Waals surface area contributed by atoms with Crippen molar-refractivity contribution in [3.63, 3.8) is 0 Å². The number of benzene rings is 2. The molecular weight excluding hydrogens is 450 g/mol. The highest BCUT2D eigenvalue weighted by molar-refractivity contribution is 9.10. The van der Waals surface area contributed by atoms with Crippen LogP contribution in [-0.2, 0) is 23.3 Å². The molecule has 1 spiro atoms. The Kier molecular flexibility index (Phi) is 4.52. The van der Waals surface area contributed by atoms with Crippen molar-refractivity contribution in [2.75, 3.05) is 0 Å². The van der Waals surface area contributed by atoms with Gasteiger partial charge in [0, 0.05) is 15.4 Å². The van der Waals surface area contributed by atoms with Crippen molar-refractivity contribution < 1.29 is 9.59 Å². The van der Waals surface area contributed by atoms with E-state index in [0.29, 0.717) is 6.42 Å². The average molecular weight is 468 g/mol. The van der Waals surface area contributed by atoms with E-state index in [4.69, 9.17) is 0 Å². The van der Waals surface area contributed by atoms with Crippen LogP contribution in [-0.4, -0.2) is 21.8 Å². The van der Waals surface area contributed by atoms with Crippen LogP contribution in [0.25, 0.3) is 10.6 Å². The normalized spacial score (nSPS) is 20.8. The minimum absolute atomic E-state index is 0.174. The maximum absolute atomic E-state index is 13.4. The molecule has 0 radical (unpaired) electrons. The largest absolute Gasteiger partial charge is 0.325 e. The van der Waals surface area contributed by atoms with Crippen LogP contribution in [0.5, 0.6) is 0 Å². The fourth-order valence-corrected chi connectivity index (χ4v) is 5.46. The third-order valence-electron chi connectivity index (χ3n) is 5.59. The van der Waals surface area contributed by atoms with Gasteiger partial charge < -0.3 is 5.32 Å². The lowest BCUT2D eigenvalue weighted by atomic mass is 9.76. The number of rotatable bonds is 3. The number of aryl methyl sites for hydroxylation is 1. The molecule has 146 valence electrons. The molecule has 29 heavy (non-hydrogen) atoms. The number of fused-ring (bicyclic) bond motifs is 2. The van der Waals surface area contributed by atoms with Crippen LogP contribution in [0.3, 0.4) is 0 Å². The van der Waals surface area contributed by atoms with E-state index < -0.39 is 5.54 Å². The SMILES string of the molecule is O=C1NC2(CCCc3ccccc32)C(=O)N1Cc1csc(-c2cccc(Br)c2)n1. The van der Waals surface area contributed by atoms with Crippen LogP contribution in [0.4, 0.5) is 4.79 Å². The first kappa shape index (κ1) is 18.5. The summed E-state index contributed by atoms with van der Waals surface area (Å²) in [5.41, 5.74) is 2.86. The number of hydrogen-bond donors (Lipinski definition) is 1. The Balaban J connectivity index is 1.43. The molecule has 1 saturated heterocycles. The van der Waals surface area contributed by atoms with E-state index in [1.54, 1.807) is 0 Å². The average Bonchev–Trinajstić information content (AvgIpc) is 3.28. The van der Waals surface area contributed by atoms with Gasteiger partial charge in [-0.05, 0) is 42.5 Å². The lowest BCUT2D eigenvalue weighted by Gasteiger charge is -2.33. The number of nitrogens with zero attached hydrogens (tertiary/aromatic N) is 2. The van der Waals surface area contributed by atoms with Crippen molar-refractivity contribution in [1.29, 1.82) is 0 Å². The number of thiazole rings is 1. The van der Waals surface area contributed by atoms with Gasteiger partial charge >= 0.3 is 6.03 Å². The van der Waals surface area contributed by atoms with Gasteiger partial charge in [0.15, 0.2) is 0 Å². The Morgan fingerprint density at radius 1 is 1.17 bits per heavy atom.